The number of amides is 1. The van der Waals surface area contributed by atoms with Crippen LogP contribution in [0.5, 0.6) is 5.75 Å². The van der Waals surface area contributed by atoms with E-state index in [0.29, 0.717) is 18.7 Å². The van der Waals surface area contributed by atoms with Crippen molar-refractivity contribution in [2.24, 2.45) is 0 Å². The Morgan fingerprint density at radius 1 is 1.52 bits per heavy atom. The van der Waals surface area contributed by atoms with Crippen LogP contribution < -0.4 is 15.4 Å². The highest BCUT2D eigenvalue weighted by atomic mass is 79.9. The minimum Gasteiger partial charge on any atom is -0.490 e. The molecule has 1 aromatic carbocycles. The predicted octanol–water partition coefficient (Wildman–Crippen LogP) is 0.0278. The van der Waals surface area contributed by atoms with E-state index in [2.05, 4.69) is 26.6 Å². The third-order valence-electron chi connectivity index (χ3n) is 3.20. The van der Waals surface area contributed by atoms with Crippen LogP contribution in [0.4, 0.5) is 0 Å². The predicted molar refractivity (Wildman–Crippen MR) is 81.1 cm³/mol. The summed E-state index contributed by atoms with van der Waals surface area (Å²) >= 11 is 3.35. The van der Waals surface area contributed by atoms with Crippen LogP contribution in [0.2, 0.25) is 0 Å². The van der Waals surface area contributed by atoms with Crippen LogP contribution >= 0.6 is 15.9 Å². The van der Waals surface area contributed by atoms with E-state index in [1.165, 1.54) is 0 Å². The third kappa shape index (κ3) is 4.96. The van der Waals surface area contributed by atoms with Crippen LogP contribution in [0.1, 0.15) is 6.42 Å². The molecule has 1 aliphatic rings. The van der Waals surface area contributed by atoms with Crippen LogP contribution in [0.3, 0.4) is 0 Å². The second kappa shape index (κ2) is 7.74. The van der Waals surface area contributed by atoms with Crippen molar-refractivity contribution >= 4 is 21.8 Å². The summed E-state index contributed by atoms with van der Waals surface area (Å²) in [7, 11) is 0. The summed E-state index contributed by atoms with van der Waals surface area (Å²) in [6, 6.07) is 6.96. The van der Waals surface area contributed by atoms with Gasteiger partial charge in [-0.2, -0.15) is 0 Å². The van der Waals surface area contributed by atoms with Gasteiger partial charge >= 0.3 is 0 Å². The second-order valence-corrected chi connectivity index (χ2v) is 5.85. The molecule has 1 aliphatic heterocycles. The van der Waals surface area contributed by atoms with Crippen molar-refractivity contribution in [1.29, 1.82) is 0 Å². The zero-order chi connectivity index (χ0) is 15.2. The number of carbonyl (C=O) groups excluding carboxylic acids is 1. The topological polar surface area (TPSA) is 90.8 Å². The van der Waals surface area contributed by atoms with Crippen molar-refractivity contribution in [3.63, 3.8) is 0 Å². The van der Waals surface area contributed by atoms with Gasteiger partial charge in [0.15, 0.2) is 0 Å². The van der Waals surface area contributed by atoms with Crippen molar-refractivity contribution in [3.8, 4) is 5.75 Å². The summed E-state index contributed by atoms with van der Waals surface area (Å²) < 4.78 is 6.28. The molecule has 21 heavy (non-hydrogen) atoms. The molecular weight excluding hydrogens is 340 g/mol. The lowest BCUT2D eigenvalue weighted by molar-refractivity contribution is -0.123. The first-order chi connectivity index (χ1) is 10.1. The molecule has 0 spiro atoms. The molecule has 1 aromatic rings. The molecule has 6 nitrogen and oxygen atoms in total. The molecule has 1 saturated heterocycles. The normalized spacial score (nSPS) is 22.8. The standard InChI is InChI=1S/C14H19BrN2O4/c15-11-3-1-2-4-13(11)21-8-10(19)7-17-14(20)12-5-9(18)6-16-12/h1-4,9-10,12,16,18-19H,5-8H2,(H,17,20). The number of carbonyl (C=O) groups is 1. The molecule has 116 valence electrons. The lowest BCUT2D eigenvalue weighted by atomic mass is 10.2. The molecule has 1 heterocycles. The highest BCUT2D eigenvalue weighted by Gasteiger charge is 2.28. The number of para-hydroxylation sites is 1. The number of β-amino-alcohol motifs (C(OH)–C–C–N with tert-alkyl or cyclic N) is 1. The molecule has 1 amide bonds. The first-order valence-electron chi connectivity index (χ1n) is 6.81. The number of rotatable bonds is 6. The number of halogens is 1. The molecule has 0 bridgehead atoms. The second-order valence-electron chi connectivity index (χ2n) is 4.99. The summed E-state index contributed by atoms with van der Waals surface area (Å²) in [6.07, 6.45) is -0.883. The van der Waals surface area contributed by atoms with Crippen molar-refractivity contribution in [2.45, 2.75) is 24.7 Å². The highest BCUT2D eigenvalue weighted by molar-refractivity contribution is 9.10. The molecular formula is C14H19BrN2O4. The van der Waals surface area contributed by atoms with E-state index >= 15 is 0 Å². The van der Waals surface area contributed by atoms with E-state index in [4.69, 9.17) is 4.74 Å². The maximum Gasteiger partial charge on any atom is 0.237 e. The Morgan fingerprint density at radius 3 is 2.95 bits per heavy atom. The average Bonchev–Trinajstić information content (AvgIpc) is 2.90. The average molecular weight is 359 g/mol. The van der Waals surface area contributed by atoms with E-state index in [0.717, 1.165) is 4.47 Å². The van der Waals surface area contributed by atoms with Gasteiger partial charge in [0.2, 0.25) is 5.91 Å². The summed E-state index contributed by atoms with van der Waals surface area (Å²) in [5.74, 6) is 0.426. The maximum atomic E-state index is 11.8. The lowest BCUT2D eigenvalue weighted by Crippen LogP contribution is -2.44. The molecule has 4 N–H and O–H groups in total. The van der Waals surface area contributed by atoms with Crippen molar-refractivity contribution in [3.05, 3.63) is 28.7 Å². The highest BCUT2D eigenvalue weighted by Crippen LogP contribution is 2.23. The first-order valence-corrected chi connectivity index (χ1v) is 7.60. The fraction of sp³-hybridized carbons (Fsp3) is 0.500. The van der Waals surface area contributed by atoms with Gasteiger partial charge in [0.25, 0.3) is 0 Å². The van der Waals surface area contributed by atoms with Gasteiger partial charge in [-0.1, -0.05) is 12.1 Å². The van der Waals surface area contributed by atoms with Crippen LogP contribution in [0.25, 0.3) is 0 Å². The Morgan fingerprint density at radius 2 is 2.29 bits per heavy atom. The molecule has 0 saturated carbocycles. The van der Waals surface area contributed by atoms with Gasteiger partial charge in [-0.05, 0) is 34.5 Å². The molecule has 1 fully saturated rings. The Hall–Kier alpha value is -1.15. The molecule has 0 aliphatic carbocycles. The molecule has 2 rings (SSSR count). The van der Waals surface area contributed by atoms with E-state index in [1.54, 1.807) is 6.07 Å². The van der Waals surface area contributed by atoms with Gasteiger partial charge in [-0.3, -0.25) is 4.79 Å². The van der Waals surface area contributed by atoms with E-state index in [9.17, 15) is 15.0 Å². The minimum absolute atomic E-state index is 0.0869. The summed E-state index contributed by atoms with van der Waals surface area (Å²) in [5, 5.41) is 24.7. The monoisotopic (exact) mass is 358 g/mol. The Balaban J connectivity index is 1.69. The number of aliphatic hydroxyl groups is 2. The SMILES string of the molecule is O=C(NCC(O)COc1ccccc1Br)C1CC(O)CN1. The fourth-order valence-electron chi connectivity index (χ4n) is 2.07. The summed E-state index contributed by atoms with van der Waals surface area (Å²) in [6.45, 7) is 0.618. The van der Waals surface area contributed by atoms with E-state index in [1.807, 2.05) is 18.2 Å². The van der Waals surface area contributed by atoms with Crippen LogP contribution in [-0.4, -0.2) is 54.1 Å². The molecule has 0 radical (unpaired) electrons. The Labute approximate surface area is 131 Å². The van der Waals surface area contributed by atoms with Gasteiger partial charge in [0.05, 0.1) is 16.6 Å². The van der Waals surface area contributed by atoms with Gasteiger partial charge in [0, 0.05) is 13.1 Å². The van der Waals surface area contributed by atoms with Gasteiger partial charge in [0.1, 0.15) is 18.5 Å². The minimum atomic E-state index is -0.799. The number of ether oxygens (including phenoxy) is 1. The Kier molecular flexibility index (Phi) is 5.98. The quantitative estimate of drug-likeness (QED) is 0.575. The van der Waals surface area contributed by atoms with Crippen LogP contribution in [0.15, 0.2) is 28.7 Å². The molecule has 7 heteroatoms. The van der Waals surface area contributed by atoms with Gasteiger partial charge in [-0.25, -0.2) is 0 Å². The van der Waals surface area contributed by atoms with Gasteiger partial charge in [-0.15, -0.1) is 0 Å². The maximum absolute atomic E-state index is 11.8. The smallest absolute Gasteiger partial charge is 0.237 e. The summed E-state index contributed by atoms with van der Waals surface area (Å²) in [4.78, 5) is 11.8. The molecule has 3 atom stereocenters. The molecule has 3 unspecified atom stereocenters. The molecule has 0 aromatic heterocycles. The van der Waals surface area contributed by atoms with Crippen LogP contribution in [0, 0.1) is 0 Å². The van der Waals surface area contributed by atoms with Crippen molar-refractivity contribution in [2.75, 3.05) is 19.7 Å². The van der Waals surface area contributed by atoms with Crippen molar-refractivity contribution in [1.82, 2.24) is 10.6 Å². The zero-order valence-corrected chi connectivity index (χ0v) is 13.0. The summed E-state index contributed by atoms with van der Waals surface area (Å²) in [5.41, 5.74) is 0. The number of benzene rings is 1. The lowest BCUT2D eigenvalue weighted by Gasteiger charge is -2.16. The van der Waals surface area contributed by atoms with E-state index in [-0.39, 0.29) is 19.1 Å². The number of hydrogen-bond donors (Lipinski definition) is 4. The first kappa shape index (κ1) is 16.2. The van der Waals surface area contributed by atoms with E-state index < -0.39 is 18.2 Å². The third-order valence-corrected chi connectivity index (χ3v) is 3.86. The fourth-order valence-corrected chi connectivity index (χ4v) is 2.46. The largest absolute Gasteiger partial charge is 0.490 e. The van der Waals surface area contributed by atoms with Gasteiger partial charge < -0.3 is 25.6 Å². The number of hydrogen-bond acceptors (Lipinski definition) is 5. The van der Waals surface area contributed by atoms with Crippen molar-refractivity contribution < 1.29 is 19.7 Å². The van der Waals surface area contributed by atoms with Crippen LogP contribution in [-0.2, 0) is 4.79 Å². The zero-order valence-electron chi connectivity index (χ0n) is 11.5. The number of aliphatic hydroxyl groups excluding tert-OH is 2. The Bertz CT molecular complexity index is 486. The number of nitrogens with one attached hydrogen (secondary N) is 2.